The zero-order valence-electron chi connectivity index (χ0n) is 23.4. The van der Waals surface area contributed by atoms with Crippen LogP contribution in [0.25, 0.3) is 22.3 Å². The van der Waals surface area contributed by atoms with E-state index in [1.807, 2.05) is 33.8 Å². The number of anilines is 1. The highest BCUT2D eigenvalue weighted by Crippen LogP contribution is 2.37. The molecule has 1 N–H and O–H groups in total. The number of amides is 1. The standard InChI is InChI=1S/C30H32F2N6O3/c1-6-23(40)36-12-13-37(18(5)15-36)28-25-20(32)14-21(24-19(31)8-7-9-22(24)39)34-29(25)38(30(41)35-28)27-17(4)10-11-33-26(27)16(2)3/h6-10,14,16,18,27,39H,1,11-13,15H2,2-5H3/t18-,27?/m0/s1. The minimum absolute atomic E-state index is 0.0130. The van der Waals surface area contributed by atoms with Crippen molar-refractivity contribution in [1.29, 1.82) is 0 Å². The molecule has 2 atom stereocenters. The Balaban J connectivity index is 1.80. The van der Waals surface area contributed by atoms with Gasteiger partial charge in [-0.15, -0.1) is 0 Å². The maximum atomic E-state index is 16.3. The molecule has 41 heavy (non-hydrogen) atoms. The molecular formula is C30H32F2N6O3. The Morgan fingerprint density at radius 2 is 1.95 bits per heavy atom. The Kier molecular flexibility index (Phi) is 7.46. The molecule has 4 heterocycles. The third kappa shape index (κ3) is 4.89. The van der Waals surface area contributed by atoms with E-state index in [4.69, 9.17) is 0 Å². The largest absolute Gasteiger partial charge is 0.507 e. The van der Waals surface area contributed by atoms with Crippen molar-refractivity contribution < 1.29 is 18.7 Å². The van der Waals surface area contributed by atoms with Crippen LogP contribution in [0.15, 0.2) is 58.4 Å². The lowest BCUT2D eigenvalue weighted by Gasteiger charge is -2.40. The first kappa shape index (κ1) is 28.1. The molecule has 1 fully saturated rings. The zero-order valence-corrected chi connectivity index (χ0v) is 23.4. The number of pyridine rings is 1. The third-order valence-corrected chi connectivity index (χ3v) is 7.69. The van der Waals surface area contributed by atoms with Crippen LogP contribution in [0.1, 0.15) is 33.7 Å². The maximum Gasteiger partial charge on any atom is 0.352 e. The molecule has 0 bridgehead atoms. The summed E-state index contributed by atoms with van der Waals surface area (Å²) >= 11 is 0. The Morgan fingerprint density at radius 1 is 1.20 bits per heavy atom. The van der Waals surface area contributed by atoms with Crippen LogP contribution in [0.3, 0.4) is 0 Å². The molecule has 3 aromatic rings. The van der Waals surface area contributed by atoms with E-state index in [-0.39, 0.29) is 46.0 Å². The van der Waals surface area contributed by atoms with Gasteiger partial charge >= 0.3 is 5.69 Å². The number of carbonyl (C=O) groups excluding carboxylic acids is 1. The summed E-state index contributed by atoms with van der Waals surface area (Å²) in [6, 6.07) is 3.84. The number of fused-ring (bicyclic) bond motifs is 1. The summed E-state index contributed by atoms with van der Waals surface area (Å²) in [4.78, 5) is 43.2. The van der Waals surface area contributed by atoms with Crippen LogP contribution in [0.5, 0.6) is 5.75 Å². The van der Waals surface area contributed by atoms with Crippen LogP contribution in [-0.2, 0) is 4.79 Å². The van der Waals surface area contributed by atoms with E-state index in [2.05, 4.69) is 21.5 Å². The van der Waals surface area contributed by atoms with Crippen molar-refractivity contribution in [2.24, 2.45) is 10.9 Å². The normalized spacial score (nSPS) is 19.4. The van der Waals surface area contributed by atoms with E-state index in [1.165, 1.54) is 22.8 Å². The lowest BCUT2D eigenvalue weighted by Crippen LogP contribution is -2.54. The topological polar surface area (TPSA) is 104 Å². The first-order valence-electron chi connectivity index (χ1n) is 13.5. The number of hydrogen-bond donors (Lipinski definition) is 1. The minimum Gasteiger partial charge on any atom is -0.507 e. The molecule has 214 valence electrons. The second-order valence-corrected chi connectivity index (χ2v) is 10.7. The third-order valence-electron chi connectivity index (χ3n) is 7.69. The smallest absolute Gasteiger partial charge is 0.352 e. The number of hydrogen-bond acceptors (Lipinski definition) is 7. The van der Waals surface area contributed by atoms with Crippen molar-refractivity contribution in [3.05, 3.63) is 70.7 Å². The van der Waals surface area contributed by atoms with Crippen LogP contribution in [-0.4, -0.2) is 68.4 Å². The quantitative estimate of drug-likeness (QED) is 0.368. The van der Waals surface area contributed by atoms with Gasteiger partial charge in [0.1, 0.15) is 23.2 Å². The molecule has 9 nitrogen and oxygen atoms in total. The summed E-state index contributed by atoms with van der Waals surface area (Å²) in [6.07, 6.45) is 3.14. The summed E-state index contributed by atoms with van der Waals surface area (Å²) in [6.45, 7) is 12.6. The lowest BCUT2D eigenvalue weighted by molar-refractivity contribution is -0.126. The fourth-order valence-electron chi connectivity index (χ4n) is 5.67. The monoisotopic (exact) mass is 562 g/mol. The highest BCUT2D eigenvalue weighted by Gasteiger charge is 2.34. The van der Waals surface area contributed by atoms with Gasteiger partial charge in [0, 0.05) is 37.5 Å². The number of allylic oxidation sites excluding steroid dienone is 1. The van der Waals surface area contributed by atoms with Gasteiger partial charge in [0.05, 0.1) is 29.2 Å². The molecule has 2 aliphatic rings. The minimum atomic E-state index is -0.783. The molecule has 0 saturated carbocycles. The molecule has 5 rings (SSSR count). The number of phenolic OH excluding ortho intramolecular Hbond substituents is 1. The number of dihydropyridines is 1. The van der Waals surface area contributed by atoms with Crippen molar-refractivity contribution in [3.63, 3.8) is 0 Å². The number of benzene rings is 1. The van der Waals surface area contributed by atoms with E-state index in [1.54, 1.807) is 9.80 Å². The van der Waals surface area contributed by atoms with Gasteiger partial charge in [0.2, 0.25) is 5.91 Å². The van der Waals surface area contributed by atoms with Gasteiger partial charge in [0.15, 0.2) is 5.65 Å². The number of nitrogens with zero attached hydrogens (tertiary/aromatic N) is 6. The van der Waals surface area contributed by atoms with Gasteiger partial charge in [-0.1, -0.05) is 32.6 Å². The van der Waals surface area contributed by atoms with Gasteiger partial charge in [0.25, 0.3) is 0 Å². The number of aromatic hydroxyl groups is 1. The molecule has 1 amide bonds. The van der Waals surface area contributed by atoms with Crippen molar-refractivity contribution in [3.8, 4) is 17.0 Å². The van der Waals surface area contributed by atoms with Crippen LogP contribution in [0.2, 0.25) is 0 Å². The average molecular weight is 563 g/mol. The molecule has 2 aliphatic heterocycles. The molecule has 0 aliphatic carbocycles. The Hall–Kier alpha value is -4.41. The van der Waals surface area contributed by atoms with Gasteiger partial charge in [-0.3, -0.25) is 14.4 Å². The van der Waals surface area contributed by atoms with Crippen LogP contribution in [0, 0.1) is 17.6 Å². The molecule has 1 aromatic carbocycles. The van der Waals surface area contributed by atoms with Crippen molar-refractivity contribution >= 4 is 28.5 Å². The molecule has 2 aromatic heterocycles. The molecule has 11 heteroatoms. The number of rotatable bonds is 5. The second kappa shape index (κ2) is 10.9. The number of carbonyl (C=O) groups is 1. The molecule has 0 spiro atoms. The average Bonchev–Trinajstić information content (AvgIpc) is 2.92. The van der Waals surface area contributed by atoms with E-state index >= 15 is 4.39 Å². The summed E-state index contributed by atoms with van der Waals surface area (Å²) < 4.78 is 32.5. The molecule has 1 unspecified atom stereocenters. The van der Waals surface area contributed by atoms with E-state index < -0.39 is 29.1 Å². The number of phenols is 1. The Labute approximate surface area is 236 Å². The van der Waals surface area contributed by atoms with Crippen LogP contribution >= 0.6 is 0 Å². The van der Waals surface area contributed by atoms with E-state index in [0.29, 0.717) is 31.9 Å². The number of piperazine rings is 1. The molecule has 1 saturated heterocycles. The fraction of sp³-hybridized carbons (Fsp3) is 0.367. The first-order chi connectivity index (χ1) is 19.5. The summed E-state index contributed by atoms with van der Waals surface area (Å²) in [5.41, 5.74) is 0.402. The Morgan fingerprint density at radius 3 is 2.61 bits per heavy atom. The summed E-state index contributed by atoms with van der Waals surface area (Å²) in [5, 5.41) is 10.4. The number of aliphatic imine (C=N–C) groups is 1. The van der Waals surface area contributed by atoms with Gasteiger partial charge < -0.3 is 14.9 Å². The predicted octanol–water partition coefficient (Wildman–Crippen LogP) is 4.26. The highest BCUT2D eigenvalue weighted by molar-refractivity contribution is 5.96. The summed E-state index contributed by atoms with van der Waals surface area (Å²) in [7, 11) is 0. The van der Waals surface area contributed by atoms with Gasteiger partial charge in [-0.05, 0) is 43.5 Å². The van der Waals surface area contributed by atoms with E-state index in [9.17, 15) is 19.1 Å². The summed E-state index contributed by atoms with van der Waals surface area (Å²) in [5.74, 6) is -2.13. The second-order valence-electron chi connectivity index (χ2n) is 10.7. The van der Waals surface area contributed by atoms with Crippen molar-refractivity contribution in [2.75, 3.05) is 31.1 Å². The van der Waals surface area contributed by atoms with Crippen LogP contribution < -0.4 is 10.6 Å². The molecular weight excluding hydrogens is 530 g/mol. The van der Waals surface area contributed by atoms with Crippen molar-refractivity contribution in [2.45, 2.75) is 39.8 Å². The van der Waals surface area contributed by atoms with Crippen molar-refractivity contribution in [1.82, 2.24) is 19.4 Å². The van der Waals surface area contributed by atoms with Gasteiger partial charge in [-0.2, -0.15) is 4.98 Å². The van der Waals surface area contributed by atoms with E-state index in [0.717, 1.165) is 17.7 Å². The Bertz CT molecular complexity index is 1660. The fourth-order valence-corrected chi connectivity index (χ4v) is 5.67. The number of halogens is 2. The zero-order chi connectivity index (χ0) is 29.6. The first-order valence-corrected chi connectivity index (χ1v) is 13.5. The lowest BCUT2D eigenvalue weighted by atomic mass is 9.92. The van der Waals surface area contributed by atoms with Crippen LogP contribution in [0.4, 0.5) is 14.6 Å². The SMILES string of the molecule is C=CC(=O)N1CCN(c2nc(=O)n(C3C(C)=CCN=C3C(C)C)c3nc(-c4c(O)cccc4F)cc(F)c23)[C@@H](C)C1. The maximum absolute atomic E-state index is 16.3. The molecule has 0 radical (unpaired) electrons. The predicted molar refractivity (Wildman–Crippen MR) is 154 cm³/mol. The van der Waals surface area contributed by atoms with Gasteiger partial charge in [-0.25, -0.2) is 18.6 Å². The highest BCUT2D eigenvalue weighted by atomic mass is 19.1. The number of aromatic nitrogens is 3.